The van der Waals surface area contributed by atoms with E-state index in [9.17, 15) is 22.7 Å². The summed E-state index contributed by atoms with van der Waals surface area (Å²) >= 11 is 0. The molecule has 2 aromatic rings. The molecule has 0 radical (unpaired) electrons. The zero-order valence-corrected chi connectivity index (χ0v) is 24.2. The minimum absolute atomic E-state index is 0.0666. The Hall–Kier alpha value is -2.99. The maximum absolute atomic E-state index is 13.7. The predicted octanol–water partition coefficient (Wildman–Crippen LogP) is 4.60. The summed E-state index contributed by atoms with van der Waals surface area (Å²) in [6.07, 6.45) is 3.15. The summed E-state index contributed by atoms with van der Waals surface area (Å²) in [6, 6.07) is 12.0. The van der Waals surface area contributed by atoms with Crippen molar-refractivity contribution >= 4 is 21.9 Å². The van der Waals surface area contributed by atoms with Crippen molar-refractivity contribution < 1.29 is 32.2 Å². The highest BCUT2D eigenvalue weighted by Crippen LogP contribution is 2.34. The number of carbonyl (C=O) groups is 1. The number of carboxylic acid groups (broad SMARTS) is 1. The minimum Gasteiger partial charge on any atom is -0.497 e. The number of nitrogens with zero attached hydrogens (tertiary/aromatic N) is 3. The van der Waals surface area contributed by atoms with E-state index in [1.807, 2.05) is 12.1 Å². The van der Waals surface area contributed by atoms with Gasteiger partial charge in [-0.3, -0.25) is 4.90 Å². The third-order valence-electron chi connectivity index (χ3n) is 7.77. The van der Waals surface area contributed by atoms with Crippen LogP contribution in [-0.2, 0) is 21.5 Å². The van der Waals surface area contributed by atoms with Crippen molar-refractivity contribution in [3.05, 3.63) is 71.6 Å². The van der Waals surface area contributed by atoms with Crippen LogP contribution in [0.3, 0.4) is 0 Å². The van der Waals surface area contributed by atoms with E-state index in [1.165, 1.54) is 35.4 Å². The van der Waals surface area contributed by atoms with E-state index in [0.717, 1.165) is 21.0 Å². The molecule has 0 saturated carbocycles. The molecule has 0 unspecified atom stereocenters. The zero-order valence-electron chi connectivity index (χ0n) is 23.4. The molecule has 4 atom stereocenters. The number of rotatable bonds is 10. The summed E-state index contributed by atoms with van der Waals surface area (Å²) in [6.45, 7) is 1.94. The Labute approximate surface area is 236 Å². The van der Waals surface area contributed by atoms with Gasteiger partial charge >= 0.3 is 6.09 Å². The van der Waals surface area contributed by atoms with Crippen LogP contribution in [0, 0.1) is 5.82 Å². The van der Waals surface area contributed by atoms with Crippen molar-refractivity contribution in [1.82, 2.24) is 13.5 Å². The minimum atomic E-state index is -3.91. The fourth-order valence-corrected chi connectivity index (χ4v) is 6.90. The number of allylic oxidation sites excluding steroid dienone is 1. The monoisotopic (exact) mass is 575 g/mol. The zero-order chi connectivity index (χ0) is 29.0. The molecule has 1 aliphatic carbocycles. The summed E-state index contributed by atoms with van der Waals surface area (Å²) < 4.78 is 54.8. The second-order valence-corrected chi connectivity index (χ2v) is 12.7. The number of amides is 1. The van der Waals surface area contributed by atoms with Crippen LogP contribution < -0.4 is 4.74 Å². The van der Waals surface area contributed by atoms with Crippen LogP contribution >= 0.6 is 0 Å². The molecule has 9 nitrogen and oxygen atoms in total. The van der Waals surface area contributed by atoms with Crippen molar-refractivity contribution in [1.29, 1.82) is 0 Å². The van der Waals surface area contributed by atoms with Crippen molar-refractivity contribution in [2.24, 2.45) is 0 Å². The lowest BCUT2D eigenvalue weighted by Crippen LogP contribution is -2.53. The average Bonchev–Trinajstić information content (AvgIpc) is 3.26. The van der Waals surface area contributed by atoms with Gasteiger partial charge < -0.3 is 14.6 Å². The highest BCUT2D eigenvalue weighted by Gasteiger charge is 2.48. The van der Waals surface area contributed by atoms with E-state index < -0.39 is 34.4 Å². The lowest BCUT2D eigenvalue weighted by atomic mass is 9.92. The standard InChI is InChI=1S/C29H38FN3O6S/c1-20-16-27(32(40(36,37)31(2)3)18-21-8-12-25(38-4)13-9-21)28(33(20)29(34)35)19-39-26-14-10-22(11-15-26)23-6-5-7-24(30)17-23/h5-10,12-13,17,20,26-28H,11,14-16,18-19H2,1-4H3,(H,34,35)/t20-,26-,27+,28+/m1/s1. The van der Waals surface area contributed by atoms with Crippen LogP contribution in [0.25, 0.3) is 5.57 Å². The fourth-order valence-electron chi connectivity index (χ4n) is 5.60. The largest absolute Gasteiger partial charge is 0.497 e. The fraction of sp³-hybridized carbons (Fsp3) is 0.483. The summed E-state index contributed by atoms with van der Waals surface area (Å²) in [5, 5.41) is 10.1. The summed E-state index contributed by atoms with van der Waals surface area (Å²) in [7, 11) is 0.600. The average molecular weight is 576 g/mol. The van der Waals surface area contributed by atoms with Crippen LogP contribution in [0.5, 0.6) is 5.75 Å². The smallest absolute Gasteiger partial charge is 0.407 e. The molecular weight excluding hydrogens is 537 g/mol. The van der Waals surface area contributed by atoms with Gasteiger partial charge in [-0.1, -0.05) is 30.3 Å². The first-order valence-electron chi connectivity index (χ1n) is 13.4. The number of hydrogen-bond acceptors (Lipinski definition) is 5. The number of methoxy groups -OCH3 is 1. The van der Waals surface area contributed by atoms with Crippen molar-refractivity contribution in [3.63, 3.8) is 0 Å². The molecular formula is C29H38FN3O6S. The van der Waals surface area contributed by atoms with Crippen LogP contribution in [0.4, 0.5) is 9.18 Å². The first-order chi connectivity index (χ1) is 19.0. The molecule has 40 heavy (non-hydrogen) atoms. The van der Waals surface area contributed by atoms with Gasteiger partial charge in [-0.2, -0.15) is 17.0 Å². The van der Waals surface area contributed by atoms with Crippen LogP contribution in [-0.4, -0.2) is 85.2 Å². The number of halogens is 1. The maximum Gasteiger partial charge on any atom is 0.407 e. The van der Waals surface area contributed by atoms with Crippen molar-refractivity contribution in [2.45, 2.75) is 63.4 Å². The van der Waals surface area contributed by atoms with E-state index in [4.69, 9.17) is 9.47 Å². The lowest BCUT2D eigenvalue weighted by Gasteiger charge is -2.36. The summed E-state index contributed by atoms with van der Waals surface area (Å²) in [5.74, 6) is 0.379. The van der Waals surface area contributed by atoms with Gasteiger partial charge in [0.2, 0.25) is 0 Å². The van der Waals surface area contributed by atoms with Crippen LogP contribution in [0.15, 0.2) is 54.6 Å². The van der Waals surface area contributed by atoms with Gasteiger partial charge in [0.1, 0.15) is 11.6 Å². The number of benzene rings is 2. The second kappa shape index (κ2) is 12.7. The molecule has 11 heteroatoms. The third kappa shape index (κ3) is 6.65. The third-order valence-corrected chi connectivity index (χ3v) is 9.68. The Balaban J connectivity index is 1.55. The molecule has 218 valence electrons. The van der Waals surface area contributed by atoms with Gasteiger partial charge in [-0.15, -0.1) is 0 Å². The molecule has 1 N–H and O–H groups in total. The highest BCUT2D eigenvalue weighted by atomic mass is 32.2. The molecule has 0 bridgehead atoms. The Bertz CT molecular complexity index is 1320. The molecule has 1 fully saturated rings. The van der Waals surface area contributed by atoms with Gasteiger partial charge in [0.15, 0.2) is 0 Å². The van der Waals surface area contributed by atoms with Crippen molar-refractivity contribution in [3.8, 4) is 5.75 Å². The van der Waals surface area contributed by atoms with E-state index in [1.54, 1.807) is 44.4 Å². The topological polar surface area (TPSA) is 99.6 Å². The first kappa shape index (κ1) is 30.0. The number of ether oxygens (including phenoxy) is 2. The second-order valence-electron chi connectivity index (χ2n) is 10.6. The van der Waals surface area contributed by atoms with E-state index in [2.05, 4.69) is 0 Å². The van der Waals surface area contributed by atoms with Crippen LogP contribution in [0.2, 0.25) is 0 Å². The lowest BCUT2D eigenvalue weighted by molar-refractivity contribution is 0.00228. The van der Waals surface area contributed by atoms with Crippen LogP contribution in [0.1, 0.15) is 43.7 Å². The molecule has 4 rings (SSSR count). The normalized spacial score (nSPS) is 23.5. The molecule has 1 aliphatic heterocycles. The van der Waals surface area contributed by atoms with E-state index in [0.29, 0.717) is 31.4 Å². The van der Waals surface area contributed by atoms with Gasteiger partial charge in [0.25, 0.3) is 10.2 Å². The van der Waals surface area contributed by atoms with Gasteiger partial charge in [-0.25, -0.2) is 9.18 Å². The highest BCUT2D eigenvalue weighted by molar-refractivity contribution is 7.86. The molecule has 1 saturated heterocycles. The van der Waals surface area contributed by atoms with E-state index in [-0.39, 0.29) is 25.1 Å². The van der Waals surface area contributed by atoms with Crippen molar-refractivity contribution in [2.75, 3.05) is 27.8 Å². The Morgan fingerprint density at radius 2 is 1.90 bits per heavy atom. The predicted molar refractivity (Wildman–Crippen MR) is 151 cm³/mol. The SMILES string of the molecule is COc1ccc(CN([C@H]2C[C@@H](C)N(C(=O)O)[C@H]2CO[C@@H]2CC=C(c3cccc(F)c3)CC2)S(=O)(=O)N(C)C)cc1. The molecule has 1 heterocycles. The summed E-state index contributed by atoms with van der Waals surface area (Å²) in [5.41, 5.74) is 2.67. The van der Waals surface area contributed by atoms with Gasteiger partial charge in [0.05, 0.1) is 31.9 Å². The van der Waals surface area contributed by atoms with E-state index >= 15 is 0 Å². The molecule has 1 amide bonds. The summed E-state index contributed by atoms with van der Waals surface area (Å²) in [4.78, 5) is 13.6. The Kier molecular flexibility index (Phi) is 9.50. The molecule has 0 aromatic heterocycles. The van der Waals surface area contributed by atoms with Gasteiger partial charge in [0, 0.05) is 26.7 Å². The quantitative estimate of drug-likeness (QED) is 0.445. The molecule has 2 aromatic carbocycles. The van der Waals surface area contributed by atoms with Gasteiger partial charge in [-0.05, 0) is 73.6 Å². The molecule has 0 spiro atoms. The number of hydrogen-bond donors (Lipinski definition) is 1. The number of likely N-dealkylation sites (tertiary alicyclic amines) is 1. The maximum atomic E-state index is 13.7. The first-order valence-corrected chi connectivity index (χ1v) is 14.8. The Morgan fingerprint density at radius 1 is 1.18 bits per heavy atom. The molecule has 2 aliphatic rings. The Morgan fingerprint density at radius 3 is 2.48 bits per heavy atom.